The molecule has 0 atom stereocenters. The number of nitrogens with one attached hydrogen (secondary N) is 3. The van der Waals surface area contributed by atoms with E-state index in [4.69, 9.17) is 11.6 Å². The van der Waals surface area contributed by atoms with Crippen molar-refractivity contribution in [2.45, 2.75) is 19.5 Å². The predicted molar refractivity (Wildman–Crippen MR) is 118 cm³/mol. The summed E-state index contributed by atoms with van der Waals surface area (Å²) in [5, 5.41) is 16.0. The number of amides is 2. The zero-order valence-corrected chi connectivity index (χ0v) is 18.3. The van der Waals surface area contributed by atoms with Crippen molar-refractivity contribution < 1.29 is 22.8 Å². The molecular weight excluding hydrogens is 475 g/mol. The molecular formula is C21H17ClF3N7O2. The van der Waals surface area contributed by atoms with Crippen LogP contribution in [0.25, 0.3) is 16.7 Å². The van der Waals surface area contributed by atoms with Gasteiger partial charge in [0.05, 0.1) is 28.0 Å². The molecule has 0 radical (unpaired) electrons. The lowest BCUT2D eigenvalue weighted by atomic mass is 10.1. The Morgan fingerprint density at radius 3 is 2.71 bits per heavy atom. The molecule has 4 rings (SSSR count). The van der Waals surface area contributed by atoms with Gasteiger partial charge in [-0.25, -0.2) is 9.67 Å². The number of hydrogen-bond acceptors (Lipinski definition) is 5. The van der Waals surface area contributed by atoms with E-state index in [2.05, 4.69) is 30.9 Å². The highest BCUT2D eigenvalue weighted by molar-refractivity contribution is 6.32. The molecule has 3 heterocycles. The largest absolute Gasteiger partial charge is 0.435 e. The number of nitrogens with zero attached hydrogens (tertiary/aromatic N) is 4. The molecule has 0 saturated carbocycles. The van der Waals surface area contributed by atoms with Crippen molar-refractivity contribution in [2.75, 3.05) is 11.9 Å². The maximum absolute atomic E-state index is 13.4. The predicted octanol–water partition coefficient (Wildman–Crippen LogP) is 4.21. The van der Waals surface area contributed by atoms with Crippen molar-refractivity contribution in [2.24, 2.45) is 0 Å². The fourth-order valence-electron chi connectivity index (χ4n) is 3.24. The van der Waals surface area contributed by atoms with E-state index in [1.807, 2.05) is 6.92 Å². The number of anilines is 1. The second-order valence-electron chi connectivity index (χ2n) is 7.17. The van der Waals surface area contributed by atoms with E-state index in [0.717, 1.165) is 0 Å². The monoisotopic (exact) mass is 491 g/mol. The number of aromatic nitrogens is 5. The molecule has 3 N–H and O–H groups in total. The number of benzene rings is 1. The standard InChI is InChI=1S/C21H17ClF3N7O2/c1-2-7-27-20(34)16-13(6-5-11-10-28-30-17(11)16)29-19(33)14-9-15(21(23,24)25)31-32(14)18-12(22)4-3-8-26-18/h3-6,8-10H,2,7H2,1H3,(H,27,34)(H,28,30)(H,29,33). The first-order valence-electron chi connectivity index (χ1n) is 10.0. The van der Waals surface area contributed by atoms with Gasteiger partial charge >= 0.3 is 6.18 Å². The summed E-state index contributed by atoms with van der Waals surface area (Å²) in [7, 11) is 0. The van der Waals surface area contributed by atoms with Gasteiger partial charge < -0.3 is 10.6 Å². The number of halogens is 4. The van der Waals surface area contributed by atoms with Gasteiger partial charge in [-0.05, 0) is 30.7 Å². The molecule has 13 heteroatoms. The summed E-state index contributed by atoms with van der Waals surface area (Å²) in [5.74, 6) is -1.59. The maximum Gasteiger partial charge on any atom is 0.435 e. The maximum atomic E-state index is 13.4. The Labute approximate surface area is 195 Å². The van der Waals surface area contributed by atoms with Crippen molar-refractivity contribution >= 4 is 40.0 Å². The summed E-state index contributed by atoms with van der Waals surface area (Å²) in [6.07, 6.45) is -1.33. The van der Waals surface area contributed by atoms with Gasteiger partial charge in [-0.2, -0.15) is 23.4 Å². The quantitative estimate of drug-likeness (QED) is 0.373. The highest BCUT2D eigenvalue weighted by Gasteiger charge is 2.36. The highest BCUT2D eigenvalue weighted by atomic mass is 35.5. The summed E-state index contributed by atoms with van der Waals surface area (Å²) in [6.45, 7) is 2.26. The van der Waals surface area contributed by atoms with Gasteiger partial charge in [0.15, 0.2) is 11.5 Å². The SMILES string of the molecule is CCCNC(=O)c1c(NC(=O)c2cc(C(F)(F)F)nn2-c2ncccc2Cl)ccc2cn[nH]c12. The number of H-pyrrole nitrogens is 1. The number of rotatable bonds is 6. The molecule has 0 spiro atoms. The molecule has 2 amide bonds. The minimum atomic E-state index is -4.82. The normalized spacial score (nSPS) is 11.6. The van der Waals surface area contributed by atoms with E-state index >= 15 is 0 Å². The van der Waals surface area contributed by atoms with Crippen molar-refractivity contribution in [1.29, 1.82) is 0 Å². The number of aromatic amines is 1. The van der Waals surface area contributed by atoms with Gasteiger partial charge in [0.2, 0.25) is 0 Å². The summed E-state index contributed by atoms with van der Waals surface area (Å²) >= 11 is 6.09. The minimum Gasteiger partial charge on any atom is -0.352 e. The first-order valence-corrected chi connectivity index (χ1v) is 10.4. The third-order valence-corrected chi connectivity index (χ3v) is 5.10. The molecule has 0 aliphatic carbocycles. The van der Waals surface area contributed by atoms with Crippen LogP contribution in [0.1, 0.15) is 39.9 Å². The van der Waals surface area contributed by atoms with Crippen LogP contribution in [0.5, 0.6) is 0 Å². The zero-order valence-electron chi connectivity index (χ0n) is 17.6. The molecule has 3 aromatic heterocycles. The van der Waals surface area contributed by atoms with Crippen LogP contribution in [-0.2, 0) is 6.18 Å². The Morgan fingerprint density at radius 2 is 2.00 bits per heavy atom. The number of pyridine rings is 1. The lowest BCUT2D eigenvalue weighted by molar-refractivity contribution is -0.141. The number of alkyl halides is 3. The molecule has 0 unspecified atom stereocenters. The molecule has 4 aromatic rings. The van der Waals surface area contributed by atoms with E-state index in [-0.39, 0.29) is 22.1 Å². The average molecular weight is 492 g/mol. The zero-order chi connectivity index (χ0) is 24.5. The Kier molecular flexibility index (Phi) is 6.24. The number of hydrogen-bond donors (Lipinski definition) is 3. The van der Waals surface area contributed by atoms with Crippen LogP contribution in [0, 0.1) is 0 Å². The molecule has 9 nitrogen and oxygen atoms in total. The molecule has 0 fully saturated rings. The first-order chi connectivity index (χ1) is 16.2. The molecule has 176 valence electrons. The van der Waals surface area contributed by atoms with Gasteiger partial charge in [0, 0.05) is 24.2 Å². The molecule has 34 heavy (non-hydrogen) atoms. The Hall–Kier alpha value is -3.93. The van der Waals surface area contributed by atoms with Gasteiger partial charge in [-0.3, -0.25) is 14.7 Å². The number of carbonyl (C=O) groups excluding carboxylic acids is 2. The van der Waals surface area contributed by atoms with Crippen LogP contribution < -0.4 is 10.6 Å². The third kappa shape index (κ3) is 4.44. The lowest BCUT2D eigenvalue weighted by Crippen LogP contribution is -2.26. The fraction of sp³-hybridized carbons (Fsp3) is 0.190. The van der Waals surface area contributed by atoms with Crippen LogP contribution in [0.3, 0.4) is 0 Å². The first kappa shape index (κ1) is 23.2. The van der Waals surface area contributed by atoms with Crippen LogP contribution in [0.15, 0.2) is 42.7 Å². The van der Waals surface area contributed by atoms with Crippen molar-refractivity contribution in [1.82, 2.24) is 30.3 Å². The van der Waals surface area contributed by atoms with Crippen molar-refractivity contribution in [3.63, 3.8) is 0 Å². The van der Waals surface area contributed by atoms with Crippen LogP contribution in [0.2, 0.25) is 5.02 Å². The van der Waals surface area contributed by atoms with Crippen molar-refractivity contribution in [3.8, 4) is 5.82 Å². The molecule has 0 bridgehead atoms. The number of carbonyl (C=O) groups is 2. The lowest BCUT2D eigenvalue weighted by Gasteiger charge is -2.13. The van der Waals surface area contributed by atoms with Gasteiger partial charge in [0.1, 0.15) is 5.69 Å². The second kappa shape index (κ2) is 9.14. The second-order valence-corrected chi connectivity index (χ2v) is 7.57. The van der Waals surface area contributed by atoms with E-state index in [0.29, 0.717) is 34.6 Å². The van der Waals surface area contributed by atoms with E-state index in [9.17, 15) is 22.8 Å². The minimum absolute atomic E-state index is 0.00751. The molecule has 0 saturated heterocycles. The molecule has 0 aliphatic rings. The summed E-state index contributed by atoms with van der Waals surface area (Å²) in [6, 6.07) is 6.56. The van der Waals surface area contributed by atoms with Crippen molar-refractivity contribution in [3.05, 3.63) is 64.7 Å². The van der Waals surface area contributed by atoms with E-state index in [1.54, 1.807) is 6.07 Å². The molecule has 1 aromatic carbocycles. The summed E-state index contributed by atoms with van der Waals surface area (Å²) in [4.78, 5) is 29.9. The highest BCUT2D eigenvalue weighted by Crippen LogP contribution is 2.31. The number of fused-ring (bicyclic) bond motifs is 1. The van der Waals surface area contributed by atoms with Crippen LogP contribution in [-0.4, -0.2) is 43.3 Å². The van der Waals surface area contributed by atoms with Gasteiger partial charge in [0.25, 0.3) is 11.8 Å². The van der Waals surface area contributed by atoms with Gasteiger partial charge in [-0.1, -0.05) is 18.5 Å². The summed E-state index contributed by atoms with van der Waals surface area (Å²) < 4.78 is 40.9. The average Bonchev–Trinajstić information content (AvgIpc) is 3.45. The Bertz CT molecular complexity index is 1380. The smallest absolute Gasteiger partial charge is 0.352 e. The Morgan fingerprint density at radius 1 is 1.21 bits per heavy atom. The van der Waals surface area contributed by atoms with Crippen LogP contribution >= 0.6 is 11.6 Å². The fourth-order valence-corrected chi connectivity index (χ4v) is 3.44. The topological polar surface area (TPSA) is 118 Å². The van der Waals surface area contributed by atoms with Crippen LogP contribution in [0.4, 0.5) is 18.9 Å². The van der Waals surface area contributed by atoms with E-state index < -0.39 is 29.4 Å². The van der Waals surface area contributed by atoms with E-state index in [1.165, 1.54) is 30.6 Å². The van der Waals surface area contributed by atoms with Gasteiger partial charge in [-0.15, -0.1) is 0 Å². The Balaban J connectivity index is 1.79. The molecule has 0 aliphatic heterocycles. The summed E-state index contributed by atoms with van der Waals surface area (Å²) in [5.41, 5.74) is -1.25. The third-order valence-electron chi connectivity index (χ3n) is 4.80.